The number of hydrogen-bond acceptors (Lipinski definition) is 5. The SMILES string of the molecule is O=c1[nH]c2cc(NO)ccc2c(=O)n1CCCCN1CC=C(c2ccccc2)CC1. The molecule has 1 aromatic heterocycles. The van der Waals surface area contributed by atoms with Crippen molar-refractivity contribution in [3.05, 3.63) is 81.0 Å². The number of benzene rings is 2. The lowest BCUT2D eigenvalue weighted by atomic mass is 9.99. The maximum absolute atomic E-state index is 12.7. The Morgan fingerprint density at radius 1 is 1.03 bits per heavy atom. The summed E-state index contributed by atoms with van der Waals surface area (Å²) in [4.78, 5) is 30.1. The Balaban J connectivity index is 1.33. The Bertz CT molecular complexity index is 1160. The molecule has 30 heavy (non-hydrogen) atoms. The van der Waals surface area contributed by atoms with Crippen LogP contribution in [0.25, 0.3) is 16.5 Å². The third-order valence-corrected chi connectivity index (χ3v) is 5.65. The van der Waals surface area contributed by atoms with Crippen LogP contribution in [0.2, 0.25) is 0 Å². The lowest BCUT2D eigenvalue weighted by molar-refractivity contribution is 0.292. The predicted octanol–water partition coefficient (Wildman–Crippen LogP) is 3.06. The highest BCUT2D eigenvalue weighted by Crippen LogP contribution is 2.22. The van der Waals surface area contributed by atoms with Crippen molar-refractivity contribution in [2.75, 3.05) is 25.1 Å². The van der Waals surface area contributed by atoms with Crippen LogP contribution in [0.1, 0.15) is 24.8 Å². The Kier molecular flexibility index (Phi) is 6.11. The van der Waals surface area contributed by atoms with Gasteiger partial charge >= 0.3 is 5.69 Å². The number of nitrogens with zero attached hydrogens (tertiary/aromatic N) is 2. The highest BCUT2D eigenvalue weighted by molar-refractivity contribution is 5.80. The molecule has 0 fully saturated rings. The number of unbranched alkanes of at least 4 members (excludes halogenated alkanes) is 1. The Labute approximate surface area is 174 Å². The van der Waals surface area contributed by atoms with E-state index in [9.17, 15) is 9.59 Å². The number of rotatable bonds is 7. The first kappa shape index (κ1) is 20.1. The van der Waals surface area contributed by atoms with Gasteiger partial charge in [-0.05, 0) is 55.1 Å². The molecule has 1 aliphatic heterocycles. The molecule has 3 aromatic rings. The maximum atomic E-state index is 12.7. The molecule has 4 rings (SSSR count). The molecule has 0 unspecified atom stereocenters. The van der Waals surface area contributed by atoms with Crippen LogP contribution in [0.3, 0.4) is 0 Å². The van der Waals surface area contributed by atoms with Crippen molar-refractivity contribution in [1.82, 2.24) is 14.5 Å². The fraction of sp³-hybridized carbons (Fsp3) is 0.304. The summed E-state index contributed by atoms with van der Waals surface area (Å²) in [7, 11) is 0. The van der Waals surface area contributed by atoms with Crippen molar-refractivity contribution in [2.24, 2.45) is 0 Å². The topological polar surface area (TPSA) is 90.4 Å². The number of hydrogen-bond donors (Lipinski definition) is 3. The zero-order valence-electron chi connectivity index (χ0n) is 16.8. The van der Waals surface area contributed by atoms with Crippen molar-refractivity contribution >= 4 is 22.2 Å². The number of H-pyrrole nitrogens is 1. The zero-order valence-corrected chi connectivity index (χ0v) is 16.8. The minimum absolute atomic E-state index is 0.299. The summed E-state index contributed by atoms with van der Waals surface area (Å²) in [6.07, 6.45) is 5.02. The minimum Gasteiger partial charge on any atom is -0.307 e. The molecule has 0 spiro atoms. The molecule has 0 bridgehead atoms. The van der Waals surface area contributed by atoms with Gasteiger partial charge in [-0.3, -0.25) is 24.9 Å². The molecule has 0 amide bonds. The molecular formula is C23H26N4O3. The van der Waals surface area contributed by atoms with Gasteiger partial charge in [-0.25, -0.2) is 4.79 Å². The molecule has 0 saturated carbocycles. The van der Waals surface area contributed by atoms with Crippen LogP contribution in [0.4, 0.5) is 5.69 Å². The second-order valence-electron chi connectivity index (χ2n) is 7.61. The Morgan fingerprint density at radius 3 is 2.57 bits per heavy atom. The van der Waals surface area contributed by atoms with Crippen molar-refractivity contribution in [3.63, 3.8) is 0 Å². The fourth-order valence-electron chi connectivity index (χ4n) is 3.96. The molecule has 3 N–H and O–H groups in total. The number of aromatic amines is 1. The Morgan fingerprint density at radius 2 is 1.83 bits per heavy atom. The second kappa shape index (κ2) is 9.11. The summed E-state index contributed by atoms with van der Waals surface area (Å²) in [6, 6.07) is 15.2. The van der Waals surface area contributed by atoms with Crippen molar-refractivity contribution in [3.8, 4) is 0 Å². The van der Waals surface area contributed by atoms with Gasteiger partial charge in [0.2, 0.25) is 0 Å². The average Bonchev–Trinajstić information content (AvgIpc) is 2.79. The summed E-state index contributed by atoms with van der Waals surface area (Å²) in [6.45, 7) is 3.30. The standard InChI is InChI=1S/C23H26N4O3/c28-22-20-9-8-19(25-30)16-21(20)24-23(29)27(22)13-5-4-12-26-14-10-18(11-15-26)17-6-2-1-3-7-17/h1-3,6-10,16,25,30H,4-5,11-15H2,(H,24,29). The molecule has 1 aliphatic rings. The monoisotopic (exact) mass is 406 g/mol. The van der Waals surface area contributed by atoms with Gasteiger partial charge in [0.05, 0.1) is 16.6 Å². The lowest BCUT2D eigenvalue weighted by Crippen LogP contribution is -2.35. The van der Waals surface area contributed by atoms with Gasteiger partial charge in [0, 0.05) is 19.6 Å². The quantitative estimate of drug-likeness (QED) is 0.414. The van der Waals surface area contributed by atoms with Crippen LogP contribution >= 0.6 is 0 Å². The first-order valence-corrected chi connectivity index (χ1v) is 10.3. The lowest BCUT2D eigenvalue weighted by Gasteiger charge is -2.26. The smallest absolute Gasteiger partial charge is 0.307 e. The number of aromatic nitrogens is 2. The fourth-order valence-corrected chi connectivity index (χ4v) is 3.96. The van der Waals surface area contributed by atoms with Crippen LogP contribution < -0.4 is 16.7 Å². The zero-order chi connectivity index (χ0) is 20.9. The van der Waals surface area contributed by atoms with Gasteiger partial charge in [-0.15, -0.1) is 0 Å². The summed E-state index contributed by atoms with van der Waals surface area (Å²) in [5.74, 6) is 0. The van der Waals surface area contributed by atoms with Gasteiger partial charge in [0.25, 0.3) is 5.56 Å². The van der Waals surface area contributed by atoms with E-state index in [1.54, 1.807) is 12.1 Å². The van der Waals surface area contributed by atoms with E-state index in [0.29, 0.717) is 23.1 Å². The third-order valence-electron chi connectivity index (χ3n) is 5.65. The molecular weight excluding hydrogens is 380 g/mol. The first-order chi connectivity index (χ1) is 14.7. The first-order valence-electron chi connectivity index (χ1n) is 10.3. The second-order valence-corrected chi connectivity index (χ2v) is 7.61. The van der Waals surface area contributed by atoms with Gasteiger partial charge < -0.3 is 4.98 Å². The normalized spacial score (nSPS) is 14.6. The summed E-state index contributed by atoms with van der Waals surface area (Å²) in [5, 5.41) is 9.41. The van der Waals surface area contributed by atoms with E-state index >= 15 is 0 Å². The molecule has 0 saturated heterocycles. The van der Waals surface area contributed by atoms with Crippen molar-refractivity contribution < 1.29 is 5.21 Å². The number of fused-ring (bicyclic) bond motifs is 1. The molecule has 156 valence electrons. The third kappa shape index (κ3) is 4.37. The molecule has 0 aliphatic carbocycles. The molecule has 7 heteroatoms. The van der Waals surface area contributed by atoms with Gasteiger partial charge in [-0.1, -0.05) is 36.4 Å². The highest BCUT2D eigenvalue weighted by Gasteiger charge is 2.13. The largest absolute Gasteiger partial charge is 0.328 e. The van der Waals surface area contributed by atoms with Crippen LogP contribution in [-0.4, -0.2) is 39.3 Å². The van der Waals surface area contributed by atoms with Crippen LogP contribution in [-0.2, 0) is 6.54 Å². The highest BCUT2D eigenvalue weighted by atomic mass is 16.5. The number of nitrogens with one attached hydrogen (secondary N) is 2. The predicted molar refractivity (Wildman–Crippen MR) is 119 cm³/mol. The van der Waals surface area contributed by atoms with Gasteiger partial charge in [-0.2, -0.15) is 0 Å². The summed E-state index contributed by atoms with van der Waals surface area (Å²) < 4.78 is 1.26. The van der Waals surface area contributed by atoms with Crippen LogP contribution in [0.15, 0.2) is 64.2 Å². The maximum Gasteiger partial charge on any atom is 0.328 e. The van der Waals surface area contributed by atoms with Crippen molar-refractivity contribution in [2.45, 2.75) is 25.8 Å². The summed E-state index contributed by atoms with van der Waals surface area (Å²) in [5.41, 5.74) is 4.83. The van der Waals surface area contributed by atoms with E-state index in [1.807, 2.05) is 11.5 Å². The van der Waals surface area contributed by atoms with Gasteiger partial charge in [0.15, 0.2) is 0 Å². The molecule has 2 heterocycles. The van der Waals surface area contributed by atoms with E-state index in [4.69, 9.17) is 5.21 Å². The van der Waals surface area contributed by atoms with Crippen molar-refractivity contribution in [1.29, 1.82) is 0 Å². The molecule has 0 radical (unpaired) electrons. The molecule has 2 aromatic carbocycles. The molecule has 7 nitrogen and oxygen atoms in total. The van der Waals surface area contributed by atoms with E-state index in [1.165, 1.54) is 21.8 Å². The van der Waals surface area contributed by atoms with Gasteiger partial charge in [0.1, 0.15) is 0 Å². The summed E-state index contributed by atoms with van der Waals surface area (Å²) >= 11 is 0. The van der Waals surface area contributed by atoms with Crippen LogP contribution in [0, 0.1) is 0 Å². The number of anilines is 1. The van der Waals surface area contributed by atoms with E-state index in [2.05, 4.69) is 40.2 Å². The molecule has 0 atom stereocenters. The Hall–Kier alpha value is -3.16. The average molecular weight is 406 g/mol. The van der Waals surface area contributed by atoms with E-state index in [0.717, 1.165) is 38.9 Å². The minimum atomic E-state index is -0.420. The van der Waals surface area contributed by atoms with Crippen LogP contribution in [0.5, 0.6) is 0 Å². The van der Waals surface area contributed by atoms with E-state index < -0.39 is 5.69 Å². The van der Waals surface area contributed by atoms with E-state index in [-0.39, 0.29) is 5.56 Å².